The Morgan fingerprint density at radius 3 is 2.32 bits per heavy atom. The fourth-order valence-electron chi connectivity index (χ4n) is 1.61. The molecular formula is C11H20O8. The van der Waals surface area contributed by atoms with Crippen molar-refractivity contribution in [3.8, 4) is 0 Å². The minimum Gasteiger partial charge on any atom is -0.394 e. The van der Waals surface area contributed by atoms with Gasteiger partial charge in [0, 0.05) is 0 Å². The van der Waals surface area contributed by atoms with Crippen LogP contribution in [0, 0.1) is 0 Å². The highest BCUT2D eigenvalue weighted by molar-refractivity contribution is 5.01. The van der Waals surface area contributed by atoms with Crippen LogP contribution in [0.5, 0.6) is 0 Å². The van der Waals surface area contributed by atoms with Crippen LogP contribution in [0.25, 0.3) is 0 Å². The summed E-state index contributed by atoms with van der Waals surface area (Å²) in [5.41, 5.74) is 0.129. The van der Waals surface area contributed by atoms with E-state index in [-0.39, 0.29) is 12.2 Å². The Balaban J connectivity index is 2.55. The number of rotatable bonds is 6. The molecule has 8 nitrogen and oxygen atoms in total. The summed E-state index contributed by atoms with van der Waals surface area (Å²) in [6.45, 7) is 2.11. The van der Waals surface area contributed by atoms with Crippen LogP contribution in [-0.4, -0.2) is 87.3 Å². The van der Waals surface area contributed by atoms with Crippen LogP contribution >= 0.6 is 0 Å². The first-order chi connectivity index (χ1) is 8.92. The fourth-order valence-corrected chi connectivity index (χ4v) is 1.61. The maximum atomic E-state index is 9.63. The average Bonchev–Trinajstić information content (AvgIpc) is 2.42. The van der Waals surface area contributed by atoms with E-state index in [2.05, 4.69) is 6.58 Å². The van der Waals surface area contributed by atoms with Crippen LogP contribution in [-0.2, 0) is 9.47 Å². The van der Waals surface area contributed by atoms with E-state index in [1.165, 1.54) is 0 Å². The van der Waals surface area contributed by atoms with Crippen molar-refractivity contribution in [2.24, 2.45) is 0 Å². The van der Waals surface area contributed by atoms with E-state index in [0.717, 1.165) is 0 Å². The smallest absolute Gasteiger partial charge is 0.186 e. The summed E-state index contributed by atoms with van der Waals surface area (Å²) in [5, 5.41) is 55.9. The molecule has 1 heterocycles. The average molecular weight is 280 g/mol. The van der Waals surface area contributed by atoms with Gasteiger partial charge in [0.25, 0.3) is 0 Å². The minimum atomic E-state index is -1.53. The topological polar surface area (TPSA) is 140 Å². The van der Waals surface area contributed by atoms with Crippen LogP contribution in [0.1, 0.15) is 0 Å². The standard InChI is InChI=1S/C11H20O8/c1-5(2-12)6(14)4-18-11-10(17)9(16)8(15)7(3-13)19-11/h6-17H,1-4H2/t6-,7?,8-,9+,10?,11-/m1/s1. The monoisotopic (exact) mass is 280 g/mol. The van der Waals surface area contributed by atoms with E-state index in [1.54, 1.807) is 0 Å². The molecule has 0 bridgehead atoms. The highest BCUT2D eigenvalue weighted by Gasteiger charge is 2.44. The Morgan fingerprint density at radius 1 is 1.16 bits per heavy atom. The van der Waals surface area contributed by atoms with Gasteiger partial charge in [0.2, 0.25) is 0 Å². The van der Waals surface area contributed by atoms with E-state index >= 15 is 0 Å². The zero-order valence-electron chi connectivity index (χ0n) is 10.3. The normalized spacial score (nSPS) is 37.1. The third kappa shape index (κ3) is 3.94. The molecule has 0 amide bonds. The van der Waals surface area contributed by atoms with Gasteiger partial charge in [0.1, 0.15) is 30.5 Å². The second kappa shape index (κ2) is 7.27. The molecule has 0 aromatic heterocycles. The lowest BCUT2D eigenvalue weighted by atomic mass is 9.99. The van der Waals surface area contributed by atoms with Gasteiger partial charge in [-0.2, -0.15) is 0 Å². The van der Waals surface area contributed by atoms with Crippen molar-refractivity contribution < 1.29 is 40.1 Å². The van der Waals surface area contributed by atoms with E-state index in [1.807, 2.05) is 0 Å². The molecule has 1 aliphatic rings. The molecule has 19 heavy (non-hydrogen) atoms. The summed E-state index contributed by atoms with van der Waals surface area (Å²) in [5.74, 6) is 0. The Morgan fingerprint density at radius 2 is 1.79 bits per heavy atom. The molecule has 112 valence electrons. The van der Waals surface area contributed by atoms with Crippen LogP contribution in [0.3, 0.4) is 0 Å². The first-order valence-electron chi connectivity index (χ1n) is 5.81. The summed E-state index contributed by atoms with van der Waals surface area (Å²) in [4.78, 5) is 0. The highest BCUT2D eigenvalue weighted by atomic mass is 16.7. The van der Waals surface area contributed by atoms with Crippen LogP contribution < -0.4 is 0 Å². The van der Waals surface area contributed by atoms with Gasteiger partial charge in [-0.05, 0) is 5.57 Å². The quantitative estimate of drug-likeness (QED) is 0.278. The van der Waals surface area contributed by atoms with Crippen LogP contribution in [0.2, 0.25) is 0 Å². The molecule has 1 aliphatic heterocycles. The third-order valence-corrected chi connectivity index (χ3v) is 2.94. The third-order valence-electron chi connectivity index (χ3n) is 2.94. The van der Waals surface area contributed by atoms with Crippen LogP contribution in [0.4, 0.5) is 0 Å². The number of hydrogen-bond donors (Lipinski definition) is 6. The first-order valence-corrected chi connectivity index (χ1v) is 5.81. The van der Waals surface area contributed by atoms with Gasteiger partial charge in [-0.25, -0.2) is 0 Å². The first kappa shape index (κ1) is 16.5. The molecule has 1 rings (SSSR count). The SMILES string of the molecule is C=C(CO)[C@H](O)CO[C@@H]1OC(CO)[C@@H](O)[C@H](O)C1O. The number of hydrogen-bond acceptors (Lipinski definition) is 8. The van der Waals surface area contributed by atoms with Crippen molar-refractivity contribution >= 4 is 0 Å². The lowest BCUT2D eigenvalue weighted by molar-refractivity contribution is -0.303. The van der Waals surface area contributed by atoms with E-state index in [9.17, 15) is 20.4 Å². The van der Waals surface area contributed by atoms with Crippen molar-refractivity contribution in [1.82, 2.24) is 0 Å². The van der Waals surface area contributed by atoms with Crippen molar-refractivity contribution in [1.29, 1.82) is 0 Å². The largest absolute Gasteiger partial charge is 0.394 e. The Labute approximate surface area is 110 Å². The summed E-state index contributed by atoms with van der Waals surface area (Å²) >= 11 is 0. The van der Waals surface area contributed by atoms with Gasteiger partial charge < -0.3 is 40.1 Å². The number of ether oxygens (including phenoxy) is 2. The van der Waals surface area contributed by atoms with E-state index in [0.29, 0.717) is 0 Å². The van der Waals surface area contributed by atoms with Crippen molar-refractivity contribution in [3.63, 3.8) is 0 Å². The molecule has 0 radical (unpaired) electrons. The second-order valence-corrected chi connectivity index (χ2v) is 4.36. The van der Waals surface area contributed by atoms with Gasteiger partial charge in [-0.15, -0.1) is 0 Å². The molecular weight excluding hydrogens is 260 g/mol. The summed E-state index contributed by atoms with van der Waals surface area (Å²) in [7, 11) is 0. The zero-order valence-corrected chi connectivity index (χ0v) is 10.3. The fraction of sp³-hybridized carbons (Fsp3) is 0.818. The highest BCUT2D eigenvalue weighted by Crippen LogP contribution is 2.22. The van der Waals surface area contributed by atoms with Crippen molar-refractivity contribution in [3.05, 3.63) is 12.2 Å². The van der Waals surface area contributed by atoms with Gasteiger partial charge in [0.05, 0.1) is 19.8 Å². The molecule has 6 N–H and O–H groups in total. The van der Waals surface area contributed by atoms with Crippen molar-refractivity contribution in [2.75, 3.05) is 19.8 Å². The molecule has 0 aromatic rings. The molecule has 1 fully saturated rings. The summed E-state index contributed by atoms with van der Waals surface area (Å²) in [6.07, 6.45) is -8.05. The number of aliphatic hydroxyl groups excluding tert-OH is 6. The Hall–Kier alpha value is -0.580. The lowest BCUT2D eigenvalue weighted by Crippen LogP contribution is -2.59. The molecule has 1 saturated heterocycles. The summed E-state index contributed by atoms with van der Waals surface area (Å²) in [6, 6.07) is 0. The predicted octanol–water partition coefficient (Wildman–Crippen LogP) is -3.29. The zero-order chi connectivity index (χ0) is 14.6. The van der Waals surface area contributed by atoms with Gasteiger partial charge in [-0.1, -0.05) is 6.58 Å². The molecule has 6 atom stereocenters. The van der Waals surface area contributed by atoms with Crippen molar-refractivity contribution in [2.45, 2.75) is 36.8 Å². The molecule has 0 spiro atoms. The molecule has 0 saturated carbocycles. The minimum absolute atomic E-state index is 0.129. The van der Waals surface area contributed by atoms with E-state index < -0.39 is 50.0 Å². The molecule has 0 aliphatic carbocycles. The van der Waals surface area contributed by atoms with Gasteiger partial charge in [-0.3, -0.25) is 0 Å². The Kier molecular flexibility index (Phi) is 6.30. The number of aliphatic hydroxyl groups is 6. The van der Waals surface area contributed by atoms with Gasteiger partial charge >= 0.3 is 0 Å². The lowest BCUT2D eigenvalue weighted by Gasteiger charge is -2.39. The maximum Gasteiger partial charge on any atom is 0.186 e. The molecule has 0 aromatic carbocycles. The summed E-state index contributed by atoms with van der Waals surface area (Å²) < 4.78 is 10.1. The van der Waals surface area contributed by atoms with Gasteiger partial charge in [0.15, 0.2) is 6.29 Å². The predicted molar refractivity (Wildman–Crippen MR) is 62.0 cm³/mol. The second-order valence-electron chi connectivity index (χ2n) is 4.36. The van der Waals surface area contributed by atoms with Crippen LogP contribution in [0.15, 0.2) is 12.2 Å². The van der Waals surface area contributed by atoms with E-state index in [4.69, 9.17) is 19.7 Å². The maximum absolute atomic E-state index is 9.63. The molecule has 2 unspecified atom stereocenters. The molecule has 8 heteroatoms. The Bertz CT molecular complexity index is 294.